The van der Waals surface area contributed by atoms with Crippen molar-refractivity contribution in [1.82, 2.24) is 9.62 Å². The van der Waals surface area contributed by atoms with Gasteiger partial charge in [0.25, 0.3) is 5.91 Å². The van der Waals surface area contributed by atoms with Crippen LogP contribution in [0.5, 0.6) is 5.75 Å². The number of rotatable bonds is 9. The number of nitrogens with zero attached hydrogens (tertiary/aromatic N) is 1. The Morgan fingerprint density at radius 3 is 2.42 bits per heavy atom. The van der Waals surface area contributed by atoms with E-state index in [-0.39, 0.29) is 47.5 Å². The molecule has 0 fully saturated rings. The smallest absolute Gasteiger partial charge is 0.416 e. The van der Waals surface area contributed by atoms with Crippen molar-refractivity contribution in [2.24, 2.45) is 0 Å². The zero-order valence-corrected chi connectivity index (χ0v) is 18.4. The summed E-state index contributed by atoms with van der Waals surface area (Å²) in [4.78, 5) is 12.4. The highest BCUT2D eigenvalue weighted by Crippen LogP contribution is 2.31. The molecule has 0 aliphatic rings. The van der Waals surface area contributed by atoms with Crippen molar-refractivity contribution in [3.63, 3.8) is 0 Å². The topological polar surface area (TPSA) is 75.7 Å². The maximum absolute atomic E-state index is 12.7. The number of nitrogens with one attached hydrogen (secondary N) is 1. The first-order valence-corrected chi connectivity index (χ1v) is 11.2. The van der Waals surface area contributed by atoms with Crippen molar-refractivity contribution in [3.8, 4) is 5.75 Å². The van der Waals surface area contributed by atoms with Gasteiger partial charge in [-0.2, -0.15) is 17.5 Å². The van der Waals surface area contributed by atoms with Gasteiger partial charge in [-0.25, -0.2) is 8.42 Å². The third kappa shape index (κ3) is 6.34. The molecule has 2 aromatic carbocycles. The number of halogens is 4. The van der Waals surface area contributed by atoms with E-state index in [2.05, 4.69) is 5.32 Å². The van der Waals surface area contributed by atoms with Crippen LogP contribution in [0.25, 0.3) is 0 Å². The number of amides is 1. The van der Waals surface area contributed by atoms with E-state index in [1.807, 2.05) is 0 Å². The van der Waals surface area contributed by atoms with E-state index in [0.717, 1.165) is 12.1 Å². The summed E-state index contributed by atoms with van der Waals surface area (Å²) < 4.78 is 70.0. The molecule has 0 radical (unpaired) electrons. The van der Waals surface area contributed by atoms with Crippen LogP contribution in [0.4, 0.5) is 13.2 Å². The first-order chi connectivity index (χ1) is 14.5. The summed E-state index contributed by atoms with van der Waals surface area (Å²) in [5.41, 5.74) is -0.874. The Morgan fingerprint density at radius 2 is 1.81 bits per heavy atom. The van der Waals surface area contributed by atoms with Crippen molar-refractivity contribution in [2.75, 3.05) is 26.2 Å². The SMILES string of the molecule is CCN(CC)S(=O)(=O)c1ccc(Cl)c(C(=O)NCCOc2cccc(C(F)(F)F)c2)c1. The van der Waals surface area contributed by atoms with Crippen LogP contribution in [0.2, 0.25) is 5.02 Å². The minimum absolute atomic E-state index is 0.00872. The van der Waals surface area contributed by atoms with Crippen LogP contribution < -0.4 is 10.1 Å². The highest BCUT2D eigenvalue weighted by Gasteiger charge is 2.30. The fourth-order valence-corrected chi connectivity index (χ4v) is 4.43. The number of carbonyl (C=O) groups is 1. The Hall–Kier alpha value is -2.30. The highest BCUT2D eigenvalue weighted by molar-refractivity contribution is 7.89. The first-order valence-electron chi connectivity index (χ1n) is 9.38. The quantitative estimate of drug-likeness (QED) is 0.548. The van der Waals surface area contributed by atoms with Crippen LogP contribution in [0.3, 0.4) is 0 Å². The van der Waals surface area contributed by atoms with E-state index in [9.17, 15) is 26.4 Å². The molecule has 11 heteroatoms. The molecule has 0 saturated carbocycles. The van der Waals surface area contributed by atoms with Gasteiger partial charge in [0.1, 0.15) is 12.4 Å². The van der Waals surface area contributed by atoms with Gasteiger partial charge in [0.15, 0.2) is 0 Å². The monoisotopic (exact) mass is 478 g/mol. The maximum atomic E-state index is 12.7. The minimum Gasteiger partial charge on any atom is -0.492 e. The number of sulfonamides is 1. The summed E-state index contributed by atoms with van der Waals surface area (Å²) in [6.45, 7) is 3.83. The second-order valence-corrected chi connectivity index (χ2v) is 8.71. The van der Waals surface area contributed by atoms with E-state index in [0.29, 0.717) is 0 Å². The summed E-state index contributed by atoms with van der Waals surface area (Å²) in [5, 5.41) is 2.58. The van der Waals surface area contributed by atoms with Crippen molar-refractivity contribution in [2.45, 2.75) is 24.9 Å². The summed E-state index contributed by atoms with van der Waals surface area (Å²) in [7, 11) is -3.77. The Balaban J connectivity index is 2.03. The summed E-state index contributed by atoms with van der Waals surface area (Å²) in [5.74, 6) is -0.622. The molecule has 2 aromatic rings. The lowest BCUT2D eigenvalue weighted by atomic mass is 10.2. The van der Waals surface area contributed by atoms with Gasteiger partial charge in [-0.1, -0.05) is 31.5 Å². The zero-order valence-electron chi connectivity index (χ0n) is 16.9. The Kier molecular flexibility index (Phi) is 8.33. The third-order valence-corrected chi connectivity index (χ3v) is 6.72. The fraction of sp³-hybridized carbons (Fsp3) is 0.350. The maximum Gasteiger partial charge on any atom is 0.416 e. The van der Waals surface area contributed by atoms with Gasteiger partial charge in [0.2, 0.25) is 10.0 Å². The van der Waals surface area contributed by atoms with Gasteiger partial charge < -0.3 is 10.1 Å². The molecule has 6 nitrogen and oxygen atoms in total. The van der Waals surface area contributed by atoms with Gasteiger partial charge in [-0.3, -0.25) is 4.79 Å². The van der Waals surface area contributed by atoms with Crippen LogP contribution in [0.1, 0.15) is 29.8 Å². The van der Waals surface area contributed by atoms with Crippen LogP contribution in [0.15, 0.2) is 47.4 Å². The molecule has 0 bridgehead atoms. The average Bonchev–Trinajstić information content (AvgIpc) is 2.71. The lowest BCUT2D eigenvalue weighted by molar-refractivity contribution is -0.137. The largest absolute Gasteiger partial charge is 0.492 e. The van der Waals surface area contributed by atoms with Gasteiger partial charge in [0.05, 0.1) is 27.6 Å². The second-order valence-electron chi connectivity index (χ2n) is 6.36. The van der Waals surface area contributed by atoms with Crippen molar-refractivity contribution >= 4 is 27.5 Å². The van der Waals surface area contributed by atoms with Crippen molar-refractivity contribution in [3.05, 3.63) is 58.6 Å². The molecule has 0 atom stereocenters. The number of ether oxygens (including phenoxy) is 1. The number of carbonyl (C=O) groups excluding carboxylic acids is 1. The first kappa shape index (κ1) is 25.0. The minimum atomic E-state index is -4.49. The van der Waals surface area contributed by atoms with Crippen LogP contribution >= 0.6 is 11.6 Å². The molecule has 0 saturated heterocycles. The molecule has 1 amide bonds. The van der Waals surface area contributed by atoms with Gasteiger partial charge in [0, 0.05) is 13.1 Å². The molecule has 1 N–H and O–H groups in total. The van der Waals surface area contributed by atoms with Gasteiger partial charge in [-0.15, -0.1) is 0 Å². The number of benzene rings is 2. The lowest BCUT2D eigenvalue weighted by Gasteiger charge is -2.19. The highest BCUT2D eigenvalue weighted by atomic mass is 35.5. The molecule has 0 heterocycles. The second kappa shape index (κ2) is 10.3. The number of hydrogen-bond donors (Lipinski definition) is 1. The average molecular weight is 479 g/mol. The molecular formula is C20H22ClF3N2O4S. The van der Waals surface area contributed by atoms with Gasteiger partial charge in [-0.05, 0) is 36.4 Å². The van der Waals surface area contributed by atoms with Crippen molar-refractivity contribution in [1.29, 1.82) is 0 Å². The van der Waals surface area contributed by atoms with Crippen molar-refractivity contribution < 1.29 is 31.1 Å². The zero-order chi connectivity index (χ0) is 23.2. The van der Waals surface area contributed by atoms with E-state index < -0.39 is 27.7 Å². The van der Waals surface area contributed by atoms with E-state index >= 15 is 0 Å². The predicted molar refractivity (Wildman–Crippen MR) is 111 cm³/mol. The Morgan fingerprint density at radius 1 is 1.13 bits per heavy atom. The van der Waals surface area contributed by atoms with E-state index in [1.54, 1.807) is 13.8 Å². The van der Waals surface area contributed by atoms with Gasteiger partial charge >= 0.3 is 6.18 Å². The third-order valence-electron chi connectivity index (χ3n) is 4.34. The molecule has 0 unspecified atom stereocenters. The standard InChI is InChI=1S/C20H22ClF3N2O4S/c1-3-26(4-2)31(28,29)16-8-9-18(21)17(13-16)19(27)25-10-11-30-15-7-5-6-14(12-15)20(22,23)24/h5-9,12-13H,3-4,10-11H2,1-2H3,(H,25,27). The molecule has 0 aliphatic carbocycles. The molecule has 170 valence electrons. The normalized spacial score (nSPS) is 12.1. The van der Waals surface area contributed by atoms with E-state index in [1.165, 1.54) is 34.6 Å². The summed E-state index contributed by atoms with van der Waals surface area (Å²) in [6.07, 6.45) is -4.49. The Labute approximate surface area is 184 Å². The molecule has 31 heavy (non-hydrogen) atoms. The van der Waals surface area contributed by atoms with Crippen LogP contribution in [-0.4, -0.2) is 44.9 Å². The van der Waals surface area contributed by atoms with Crippen LogP contribution in [0, 0.1) is 0 Å². The number of hydrogen-bond acceptors (Lipinski definition) is 4. The molecular weight excluding hydrogens is 457 g/mol. The molecule has 2 rings (SSSR count). The fourth-order valence-electron chi connectivity index (χ4n) is 2.74. The number of alkyl halides is 3. The molecule has 0 aromatic heterocycles. The lowest BCUT2D eigenvalue weighted by Crippen LogP contribution is -2.31. The summed E-state index contributed by atoms with van der Waals surface area (Å²) >= 11 is 6.05. The Bertz CT molecular complexity index is 1030. The molecule has 0 aliphatic heterocycles. The van der Waals surface area contributed by atoms with E-state index in [4.69, 9.17) is 16.3 Å². The predicted octanol–water partition coefficient (Wildman–Crippen LogP) is 4.20. The van der Waals surface area contributed by atoms with Crippen LogP contribution in [-0.2, 0) is 16.2 Å². The summed E-state index contributed by atoms with van der Waals surface area (Å²) in [6, 6.07) is 8.22. The molecule has 0 spiro atoms.